The molecule has 1 saturated carbocycles. The monoisotopic (exact) mass is 505 g/mol. The summed E-state index contributed by atoms with van der Waals surface area (Å²) in [5, 5.41) is 4.68. The number of nitrogens with zero attached hydrogens (tertiary/aromatic N) is 5. The lowest BCUT2D eigenvalue weighted by molar-refractivity contribution is -0.136. The third-order valence-electron chi connectivity index (χ3n) is 7.86. The first-order valence-corrected chi connectivity index (χ1v) is 13.5. The zero-order valence-corrected chi connectivity index (χ0v) is 22.0. The van der Waals surface area contributed by atoms with E-state index >= 15 is 0 Å². The number of aromatic nitrogens is 3. The highest BCUT2D eigenvalue weighted by atomic mass is 19.1. The summed E-state index contributed by atoms with van der Waals surface area (Å²) in [6.45, 7) is 7.72. The van der Waals surface area contributed by atoms with Gasteiger partial charge in [-0.1, -0.05) is 33.1 Å². The van der Waals surface area contributed by atoms with Gasteiger partial charge in [-0.3, -0.25) is 9.59 Å². The number of imidazole rings is 1. The molecule has 1 aliphatic heterocycles. The minimum atomic E-state index is -0.297. The Kier molecular flexibility index (Phi) is 7.26. The van der Waals surface area contributed by atoms with Crippen LogP contribution in [0.4, 0.5) is 4.39 Å². The molecule has 3 aromatic rings. The molecule has 1 atom stereocenters. The molecule has 2 aliphatic rings. The number of carbonyl (C=O) groups is 2. The molecule has 7 nitrogen and oxygen atoms in total. The zero-order chi connectivity index (χ0) is 26.1. The fraction of sp³-hybridized carbons (Fsp3) is 0.517. The second-order valence-electron chi connectivity index (χ2n) is 10.9. The standard InChI is InChI=1S/C29H36FN5O2/c1-19(2)24-16-25(22-9-11-23(30)12-10-22)32-35-18-26(31-28(24)35)29(37)33-13-14-34(20(3)17-33)27(36)15-21-7-5-4-6-8-21/h9-12,16,18-21H,4-8,13-15,17H2,1-3H3/t20-/m0/s1. The molecule has 3 heterocycles. The van der Waals surface area contributed by atoms with Crippen LogP contribution in [0.25, 0.3) is 16.9 Å². The number of amides is 2. The summed E-state index contributed by atoms with van der Waals surface area (Å²) in [5.41, 5.74) is 3.47. The Bertz CT molecular complexity index is 1280. The first-order valence-electron chi connectivity index (χ1n) is 13.5. The normalized spacial score (nSPS) is 19.1. The van der Waals surface area contributed by atoms with E-state index in [1.165, 1.54) is 31.4 Å². The van der Waals surface area contributed by atoms with Gasteiger partial charge in [0.15, 0.2) is 5.65 Å². The summed E-state index contributed by atoms with van der Waals surface area (Å²) < 4.78 is 15.1. The molecule has 0 bridgehead atoms. The lowest BCUT2D eigenvalue weighted by Crippen LogP contribution is -2.55. The molecule has 196 valence electrons. The first-order chi connectivity index (χ1) is 17.8. The van der Waals surface area contributed by atoms with Crippen molar-refractivity contribution in [2.75, 3.05) is 19.6 Å². The highest BCUT2D eigenvalue weighted by Crippen LogP contribution is 2.28. The van der Waals surface area contributed by atoms with E-state index in [-0.39, 0.29) is 29.6 Å². The van der Waals surface area contributed by atoms with Crippen LogP contribution >= 0.6 is 0 Å². The molecule has 2 fully saturated rings. The summed E-state index contributed by atoms with van der Waals surface area (Å²) in [6.07, 6.45) is 8.36. The average Bonchev–Trinajstić information content (AvgIpc) is 3.32. The number of fused-ring (bicyclic) bond motifs is 1. The van der Waals surface area contributed by atoms with Crippen molar-refractivity contribution in [3.63, 3.8) is 0 Å². The van der Waals surface area contributed by atoms with Gasteiger partial charge in [0.1, 0.15) is 11.5 Å². The van der Waals surface area contributed by atoms with Gasteiger partial charge in [-0.15, -0.1) is 0 Å². The molecule has 0 N–H and O–H groups in total. The quantitative estimate of drug-likeness (QED) is 0.472. The zero-order valence-electron chi connectivity index (χ0n) is 22.0. The number of carbonyl (C=O) groups excluding carboxylic acids is 2. The average molecular weight is 506 g/mol. The van der Waals surface area contributed by atoms with Gasteiger partial charge in [-0.05, 0) is 61.9 Å². The van der Waals surface area contributed by atoms with Crippen molar-refractivity contribution in [1.82, 2.24) is 24.4 Å². The van der Waals surface area contributed by atoms with Gasteiger partial charge in [-0.25, -0.2) is 13.9 Å². The molecule has 1 aliphatic carbocycles. The minimum absolute atomic E-state index is 0.0275. The molecule has 37 heavy (non-hydrogen) atoms. The third kappa shape index (κ3) is 5.38. The fourth-order valence-electron chi connectivity index (χ4n) is 5.72. The van der Waals surface area contributed by atoms with Gasteiger partial charge in [0.05, 0.1) is 11.9 Å². The maximum Gasteiger partial charge on any atom is 0.274 e. The summed E-state index contributed by atoms with van der Waals surface area (Å²) in [7, 11) is 0. The first kappa shape index (κ1) is 25.4. The van der Waals surface area contributed by atoms with Gasteiger partial charge in [0.25, 0.3) is 5.91 Å². The number of halogens is 1. The van der Waals surface area contributed by atoms with Gasteiger partial charge >= 0.3 is 0 Å². The largest absolute Gasteiger partial charge is 0.336 e. The van der Waals surface area contributed by atoms with Crippen molar-refractivity contribution in [3.8, 4) is 11.3 Å². The summed E-state index contributed by atoms with van der Waals surface area (Å²) in [4.78, 5) is 34.9. The molecule has 2 amide bonds. The molecule has 2 aromatic heterocycles. The number of hydrogen-bond donors (Lipinski definition) is 0. The predicted octanol–water partition coefficient (Wildman–Crippen LogP) is 5.30. The minimum Gasteiger partial charge on any atom is -0.336 e. The Hall–Kier alpha value is -3.29. The summed E-state index contributed by atoms with van der Waals surface area (Å²) in [5.74, 6) is 0.449. The van der Waals surface area contributed by atoms with Crippen LogP contribution in [-0.2, 0) is 4.79 Å². The van der Waals surface area contributed by atoms with Gasteiger partial charge in [0, 0.05) is 43.2 Å². The molecule has 0 unspecified atom stereocenters. The maximum atomic E-state index is 13.5. The van der Waals surface area contributed by atoms with Crippen molar-refractivity contribution >= 4 is 17.5 Å². The van der Waals surface area contributed by atoms with Crippen LogP contribution in [0.1, 0.15) is 81.3 Å². The fourth-order valence-corrected chi connectivity index (χ4v) is 5.72. The number of benzene rings is 1. The van der Waals surface area contributed by atoms with E-state index in [0.29, 0.717) is 49.0 Å². The number of rotatable bonds is 5. The maximum absolute atomic E-state index is 13.5. The van der Waals surface area contributed by atoms with Crippen LogP contribution < -0.4 is 0 Å². The van der Waals surface area contributed by atoms with Crippen LogP contribution in [0.2, 0.25) is 0 Å². The van der Waals surface area contributed by atoms with Crippen molar-refractivity contribution in [2.24, 2.45) is 5.92 Å². The Morgan fingerprint density at radius 1 is 1.08 bits per heavy atom. The van der Waals surface area contributed by atoms with E-state index in [2.05, 4.69) is 23.9 Å². The van der Waals surface area contributed by atoms with Crippen LogP contribution in [0.5, 0.6) is 0 Å². The van der Waals surface area contributed by atoms with E-state index < -0.39 is 0 Å². The van der Waals surface area contributed by atoms with E-state index in [9.17, 15) is 14.0 Å². The summed E-state index contributed by atoms with van der Waals surface area (Å²) in [6, 6.07) is 8.17. The van der Waals surface area contributed by atoms with E-state index in [0.717, 1.165) is 24.0 Å². The Morgan fingerprint density at radius 2 is 1.81 bits per heavy atom. The highest BCUT2D eigenvalue weighted by molar-refractivity contribution is 5.93. The van der Waals surface area contributed by atoms with Crippen molar-refractivity contribution in [3.05, 3.63) is 53.6 Å². The number of hydrogen-bond acceptors (Lipinski definition) is 4. The Balaban J connectivity index is 1.33. The highest BCUT2D eigenvalue weighted by Gasteiger charge is 2.32. The van der Waals surface area contributed by atoms with Crippen molar-refractivity contribution in [1.29, 1.82) is 0 Å². The van der Waals surface area contributed by atoms with Crippen LogP contribution in [0, 0.1) is 11.7 Å². The molecular formula is C29H36FN5O2. The lowest BCUT2D eigenvalue weighted by Gasteiger charge is -2.40. The molecule has 0 spiro atoms. The Labute approximate surface area is 217 Å². The SMILES string of the molecule is CC(C)c1cc(-c2ccc(F)cc2)nn2cc(C(=O)N3CCN(C(=O)CC4CCCCC4)[C@@H](C)C3)nc12. The molecule has 8 heteroatoms. The summed E-state index contributed by atoms with van der Waals surface area (Å²) >= 11 is 0. The number of piperazine rings is 1. The van der Waals surface area contributed by atoms with Crippen LogP contribution in [-0.4, -0.2) is 61.9 Å². The predicted molar refractivity (Wildman–Crippen MR) is 141 cm³/mol. The molecule has 1 aromatic carbocycles. The second-order valence-corrected chi connectivity index (χ2v) is 10.9. The van der Waals surface area contributed by atoms with E-state index in [1.54, 1.807) is 27.7 Å². The molecular weight excluding hydrogens is 469 g/mol. The topological polar surface area (TPSA) is 70.8 Å². The molecule has 0 radical (unpaired) electrons. The molecule has 5 rings (SSSR count). The third-order valence-corrected chi connectivity index (χ3v) is 7.86. The smallest absolute Gasteiger partial charge is 0.274 e. The van der Waals surface area contributed by atoms with Crippen molar-refractivity contribution < 1.29 is 14.0 Å². The lowest BCUT2D eigenvalue weighted by atomic mass is 9.86. The van der Waals surface area contributed by atoms with E-state index in [1.807, 2.05) is 17.9 Å². The second kappa shape index (κ2) is 10.6. The Morgan fingerprint density at radius 3 is 2.49 bits per heavy atom. The van der Waals surface area contributed by atoms with Crippen molar-refractivity contribution in [2.45, 2.75) is 71.3 Å². The molecule has 1 saturated heterocycles. The van der Waals surface area contributed by atoms with E-state index in [4.69, 9.17) is 0 Å². The van der Waals surface area contributed by atoms with Crippen LogP contribution in [0.3, 0.4) is 0 Å². The van der Waals surface area contributed by atoms with Gasteiger partial charge < -0.3 is 9.80 Å². The van der Waals surface area contributed by atoms with Gasteiger partial charge in [-0.2, -0.15) is 5.10 Å². The van der Waals surface area contributed by atoms with Gasteiger partial charge in [0.2, 0.25) is 5.91 Å². The van der Waals surface area contributed by atoms with Crippen LogP contribution in [0.15, 0.2) is 36.5 Å².